The van der Waals surface area contributed by atoms with Crippen molar-refractivity contribution in [3.8, 4) is 0 Å². The molecule has 0 spiro atoms. The van der Waals surface area contributed by atoms with Gasteiger partial charge in [-0.25, -0.2) is 9.29 Å². The quantitative estimate of drug-likeness (QED) is 0.724. The van der Waals surface area contributed by atoms with E-state index in [0.29, 0.717) is 29.9 Å². The van der Waals surface area contributed by atoms with Gasteiger partial charge in [-0.3, -0.25) is 9.59 Å². The van der Waals surface area contributed by atoms with E-state index in [2.05, 4.69) is 4.90 Å². The summed E-state index contributed by atoms with van der Waals surface area (Å²) in [6.45, 7) is 4.87. The van der Waals surface area contributed by atoms with Crippen molar-refractivity contribution in [2.75, 3.05) is 38.1 Å². The van der Waals surface area contributed by atoms with Gasteiger partial charge in [0.15, 0.2) is 0 Å². The number of aryl methyl sites for hydroxylation is 1. The van der Waals surface area contributed by atoms with Gasteiger partial charge in [0.1, 0.15) is 11.5 Å². The fourth-order valence-electron chi connectivity index (χ4n) is 3.68. The van der Waals surface area contributed by atoms with Crippen LogP contribution in [0.1, 0.15) is 11.1 Å². The van der Waals surface area contributed by atoms with Crippen molar-refractivity contribution in [1.82, 2.24) is 9.80 Å². The van der Waals surface area contributed by atoms with Gasteiger partial charge in [0, 0.05) is 26.2 Å². The van der Waals surface area contributed by atoms with Gasteiger partial charge >= 0.3 is 0 Å². The summed E-state index contributed by atoms with van der Waals surface area (Å²) in [5, 5.41) is -0.131. The van der Waals surface area contributed by atoms with Crippen LogP contribution in [0.3, 0.4) is 0 Å². The lowest BCUT2D eigenvalue weighted by atomic mass is 10.0. The van der Waals surface area contributed by atoms with Gasteiger partial charge in [0.25, 0.3) is 11.8 Å². The normalized spacial score (nSPS) is 18.2. The van der Waals surface area contributed by atoms with Crippen molar-refractivity contribution in [3.05, 3.63) is 70.1 Å². The molecule has 0 radical (unpaired) electrons. The number of anilines is 1. The van der Waals surface area contributed by atoms with E-state index in [-0.39, 0.29) is 10.7 Å². The van der Waals surface area contributed by atoms with Crippen LogP contribution in [-0.4, -0.2) is 54.8 Å². The number of hydrogen-bond acceptors (Lipinski definition) is 4. The number of piperazine rings is 1. The summed E-state index contributed by atoms with van der Waals surface area (Å²) in [5.74, 6) is -1.42. The highest BCUT2D eigenvalue weighted by Gasteiger charge is 2.43. The maximum Gasteiger partial charge on any atom is 0.282 e. The van der Waals surface area contributed by atoms with E-state index in [9.17, 15) is 14.0 Å². The second kappa shape index (κ2) is 7.61. The van der Waals surface area contributed by atoms with Crippen LogP contribution in [-0.2, 0) is 9.59 Å². The smallest absolute Gasteiger partial charge is 0.282 e. The summed E-state index contributed by atoms with van der Waals surface area (Å²) in [6, 6.07) is 11.4. The Morgan fingerprint density at radius 2 is 1.59 bits per heavy atom. The summed E-state index contributed by atoms with van der Waals surface area (Å²) in [7, 11) is 2.03. The highest BCUT2D eigenvalue weighted by Crippen LogP contribution is 2.36. The lowest BCUT2D eigenvalue weighted by molar-refractivity contribution is -0.120. The molecule has 0 aliphatic carbocycles. The van der Waals surface area contributed by atoms with Crippen molar-refractivity contribution in [1.29, 1.82) is 0 Å². The Kier molecular flexibility index (Phi) is 5.15. The van der Waals surface area contributed by atoms with Crippen molar-refractivity contribution in [3.63, 3.8) is 0 Å². The summed E-state index contributed by atoms with van der Waals surface area (Å²) in [5.41, 5.74) is 2.79. The Morgan fingerprint density at radius 3 is 2.21 bits per heavy atom. The zero-order chi connectivity index (χ0) is 20.7. The van der Waals surface area contributed by atoms with E-state index >= 15 is 0 Å². The summed E-state index contributed by atoms with van der Waals surface area (Å²) in [4.78, 5) is 32.0. The minimum Gasteiger partial charge on any atom is -0.364 e. The fraction of sp³-hybridized carbons (Fsp3) is 0.273. The van der Waals surface area contributed by atoms with Crippen molar-refractivity contribution in [2.24, 2.45) is 0 Å². The van der Waals surface area contributed by atoms with Gasteiger partial charge in [-0.05, 0) is 37.7 Å². The Labute approximate surface area is 174 Å². The van der Waals surface area contributed by atoms with E-state index in [1.165, 1.54) is 12.1 Å². The molecule has 2 aromatic carbocycles. The Hall–Kier alpha value is -2.70. The number of nitrogens with zero attached hydrogens (tertiary/aromatic N) is 3. The number of imide groups is 1. The van der Waals surface area contributed by atoms with E-state index in [4.69, 9.17) is 11.6 Å². The molecular weight excluding hydrogens is 393 g/mol. The highest BCUT2D eigenvalue weighted by molar-refractivity contribution is 6.45. The Balaban J connectivity index is 1.81. The first-order valence-corrected chi connectivity index (χ1v) is 9.83. The molecule has 2 heterocycles. The molecule has 0 N–H and O–H groups in total. The maximum absolute atomic E-state index is 13.6. The van der Waals surface area contributed by atoms with Crippen LogP contribution >= 0.6 is 11.6 Å². The van der Waals surface area contributed by atoms with Crippen LogP contribution in [0.25, 0.3) is 5.57 Å². The molecule has 2 aliphatic rings. The fourth-order valence-corrected chi connectivity index (χ4v) is 3.86. The molecule has 0 bridgehead atoms. The van der Waals surface area contributed by atoms with Crippen molar-refractivity contribution < 1.29 is 14.0 Å². The van der Waals surface area contributed by atoms with Crippen LogP contribution in [0, 0.1) is 12.7 Å². The maximum atomic E-state index is 13.6. The molecule has 2 amide bonds. The lowest BCUT2D eigenvalue weighted by Gasteiger charge is -2.34. The summed E-state index contributed by atoms with van der Waals surface area (Å²) < 4.78 is 13.6. The molecule has 2 aliphatic heterocycles. The molecule has 2 aromatic rings. The van der Waals surface area contributed by atoms with Crippen molar-refractivity contribution in [2.45, 2.75) is 6.92 Å². The third-order valence-corrected chi connectivity index (χ3v) is 5.67. The molecule has 0 unspecified atom stereocenters. The molecule has 29 heavy (non-hydrogen) atoms. The molecule has 0 saturated carbocycles. The highest BCUT2D eigenvalue weighted by atomic mass is 35.5. The zero-order valence-electron chi connectivity index (χ0n) is 16.3. The number of carbonyl (C=O) groups is 2. The second-order valence-electron chi connectivity index (χ2n) is 7.42. The third-order valence-electron chi connectivity index (χ3n) is 5.38. The minimum absolute atomic E-state index is 0.131. The summed E-state index contributed by atoms with van der Waals surface area (Å²) >= 11 is 5.91. The predicted octanol–water partition coefficient (Wildman–Crippen LogP) is 3.32. The minimum atomic E-state index is -0.597. The number of rotatable bonds is 3. The van der Waals surface area contributed by atoms with Gasteiger partial charge in [0.2, 0.25) is 0 Å². The number of likely N-dealkylation sites (N-methyl/N-ethyl adjacent to an activating group) is 1. The van der Waals surface area contributed by atoms with Gasteiger partial charge < -0.3 is 9.80 Å². The molecule has 0 aromatic heterocycles. The monoisotopic (exact) mass is 413 g/mol. The van der Waals surface area contributed by atoms with Gasteiger partial charge in [-0.2, -0.15) is 0 Å². The van der Waals surface area contributed by atoms with Crippen LogP contribution in [0.2, 0.25) is 5.02 Å². The second-order valence-corrected chi connectivity index (χ2v) is 7.83. The predicted molar refractivity (Wildman–Crippen MR) is 111 cm³/mol. The molecular formula is C22H21ClFN3O2. The molecule has 4 rings (SSSR count). The molecule has 1 saturated heterocycles. The lowest BCUT2D eigenvalue weighted by Crippen LogP contribution is -2.46. The third kappa shape index (κ3) is 3.54. The first kappa shape index (κ1) is 19.6. The average molecular weight is 414 g/mol. The van der Waals surface area contributed by atoms with E-state index in [0.717, 1.165) is 29.6 Å². The largest absolute Gasteiger partial charge is 0.364 e. The SMILES string of the molecule is Cc1ccc(C2=C(N3CCN(C)CC3)C(=O)N(c3ccc(F)c(Cl)c3)C2=O)cc1. The molecule has 5 nitrogen and oxygen atoms in total. The average Bonchev–Trinajstić information content (AvgIpc) is 2.96. The van der Waals surface area contributed by atoms with Crippen LogP contribution in [0.5, 0.6) is 0 Å². The topological polar surface area (TPSA) is 43.9 Å². The molecule has 1 fully saturated rings. The van der Waals surface area contributed by atoms with E-state index < -0.39 is 17.6 Å². The van der Waals surface area contributed by atoms with Gasteiger partial charge in [-0.15, -0.1) is 0 Å². The van der Waals surface area contributed by atoms with Crippen LogP contribution in [0.15, 0.2) is 48.2 Å². The van der Waals surface area contributed by atoms with E-state index in [1.807, 2.05) is 43.1 Å². The number of amides is 2. The number of carbonyl (C=O) groups excluding carboxylic acids is 2. The number of halogens is 2. The molecule has 150 valence electrons. The standard InChI is InChI=1S/C22H21ClFN3O2/c1-14-3-5-15(6-4-14)19-20(26-11-9-25(2)10-12-26)22(29)27(21(19)28)16-7-8-18(24)17(23)13-16/h3-8,13H,9-12H2,1-2H3. The Morgan fingerprint density at radius 1 is 0.931 bits per heavy atom. The molecule has 0 atom stereocenters. The van der Waals surface area contributed by atoms with Gasteiger partial charge in [0.05, 0.1) is 16.3 Å². The van der Waals surface area contributed by atoms with Crippen molar-refractivity contribution >= 4 is 34.7 Å². The first-order chi connectivity index (χ1) is 13.9. The van der Waals surface area contributed by atoms with Crippen LogP contribution < -0.4 is 4.90 Å². The number of benzene rings is 2. The van der Waals surface area contributed by atoms with E-state index in [1.54, 1.807) is 0 Å². The first-order valence-electron chi connectivity index (χ1n) is 9.45. The number of hydrogen-bond donors (Lipinski definition) is 0. The summed E-state index contributed by atoms with van der Waals surface area (Å²) in [6.07, 6.45) is 0. The van der Waals surface area contributed by atoms with Crippen LogP contribution in [0.4, 0.5) is 10.1 Å². The Bertz CT molecular complexity index is 1010. The zero-order valence-corrected chi connectivity index (χ0v) is 17.0. The molecule has 7 heteroatoms. The van der Waals surface area contributed by atoms with Gasteiger partial charge in [-0.1, -0.05) is 41.4 Å².